The van der Waals surface area contributed by atoms with Crippen molar-refractivity contribution in [3.63, 3.8) is 0 Å². The third kappa shape index (κ3) is 4.61. The van der Waals surface area contributed by atoms with Gasteiger partial charge in [0.15, 0.2) is 22.7 Å². The summed E-state index contributed by atoms with van der Waals surface area (Å²) in [5, 5.41) is 4.62. The van der Waals surface area contributed by atoms with Crippen LogP contribution in [0.2, 0.25) is 0 Å². The minimum Gasteiger partial charge on any atom is -0.461 e. The molecule has 0 unspecified atom stereocenters. The predicted molar refractivity (Wildman–Crippen MR) is 146 cm³/mol. The molecule has 0 N–H and O–H groups in total. The Balaban J connectivity index is 1.60. The molecule has 0 saturated carbocycles. The predicted octanol–water partition coefficient (Wildman–Crippen LogP) is 3.77. The number of ether oxygens (including phenoxy) is 2. The van der Waals surface area contributed by atoms with Gasteiger partial charge in [-0.2, -0.15) is 19.7 Å². The number of carbonyl (C=O) groups is 1. The number of hydrogen-bond acceptors (Lipinski definition) is 9. The van der Waals surface area contributed by atoms with Crippen LogP contribution in [0.3, 0.4) is 0 Å². The van der Waals surface area contributed by atoms with Gasteiger partial charge >= 0.3 is 5.97 Å². The Labute approximate surface area is 225 Å². The largest absolute Gasteiger partial charge is 0.461 e. The zero-order valence-electron chi connectivity index (χ0n) is 21.8. The standard InChI is InChI=1S/C28H28N8O3/c1-3-35-24(20-10-12-29-13-11-20)30-23-25(34-14-16-38-17-15-34)31-28(32-26(23)35)36-22(19-8-6-5-7-9-19)18-21(33-36)27(37)39-4-2/h5-13,18H,3-4,14-17H2,1-2H3. The lowest BCUT2D eigenvalue weighted by Gasteiger charge is -2.28. The number of imidazole rings is 1. The molecule has 0 amide bonds. The third-order valence-corrected chi connectivity index (χ3v) is 6.58. The molecule has 5 aromatic rings. The molecule has 0 aliphatic carbocycles. The van der Waals surface area contributed by atoms with Crippen molar-refractivity contribution in [2.75, 3.05) is 37.8 Å². The number of benzene rings is 1. The van der Waals surface area contributed by atoms with E-state index < -0.39 is 5.97 Å². The number of esters is 1. The van der Waals surface area contributed by atoms with Gasteiger partial charge in [-0.15, -0.1) is 0 Å². The first kappa shape index (κ1) is 24.7. The first-order chi connectivity index (χ1) is 19.2. The molecule has 0 bridgehead atoms. The highest BCUT2D eigenvalue weighted by atomic mass is 16.5. The second-order valence-corrected chi connectivity index (χ2v) is 8.95. The Kier molecular flexibility index (Phi) is 6.72. The van der Waals surface area contributed by atoms with Crippen LogP contribution in [0.25, 0.3) is 39.8 Å². The van der Waals surface area contributed by atoms with Crippen LogP contribution in [0.1, 0.15) is 24.3 Å². The van der Waals surface area contributed by atoms with E-state index in [2.05, 4.69) is 26.5 Å². The molecule has 1 fully saturated rings. The SMILES string of the molecule is CCOC(=O)c1cc(-c2ccccc2)n(-c2nc(N3CCOCC3)c3nc(-c4ccncc4)n(CC)c3n2)n1. The fraction of sp³-hybridized carbons (Fsp3) is 0.286. The lowest BCUT2D eigenvalue weighted by Crippen LogP contribution is -2.37. The van der Waals surface area contributed by atoms with Crippen molar-refractivity contribution in [3.05, 3.63) is 66.6 Å². The normalized spacial score (nSPS) is 13.6. The average Bonchev–Trinajstić information content (AvgIpc) is 3.61. The van der Waals surface area contributed by atoms with Crippen LogP contribution < -0.4 is 4.90 Å². The number of aryl methyl sites for hydroxylation is 1. The van der Waals surface area contributed by atoms with E-state index in [9.17, 15) is 4.79 Å². The van der Waals surface area contributed by atoms with Gasteiger partial charge in [0, 0.05) is 43.2 Å². The molecule has 11 nitrogen and oxygen atoms in total. The molecule has 0 radical (unpaired) electrons. The number of nitrogens with zero attached hydrogens (tertiary/aromatic N) is 8. The number of carbonyl (C=O) groups excluding carboxylic acids is 1. The van der Waals surface area contributed by atoms with Crippen molar-refractivity contribution in [1.29, 1.82) is 0 Å². The molecule has 39 heavy (non-hydrogen) atoms. The minimum atomic E-state index is -0.499. The van der Waals surface area contributed by atoms with Gasteiger partial charge in [-0.3, -0.25) is 4.98 Å². The maximum atomic E-state index is 12.7. The number of aromatic nitrogens is 7. The topological polar surface area (TPSA) is 113 Å². The van der Waals surface area contributed by atoms with Gasteiger partial charge in [0.2, 0.25) is 0 Å². The van der Waals surface area contributed by atoms with E-state index >= 15 is 0 Å². The molecule has 198 valence electrons. The van der Waals surface area contributed by atoms with Crippen LogP contribution in [0, 0.1) is 0 Å². The monoisotopic (exact) mass is 524 g/mol. The molecule has 0 spiro atoms. The summed E-state index contributed by atoms with van der Waals surface area (Å²) in [6, 6.07) is 15.3. The van der Waals surface area contributed by atoms with Crippen molar-refractivity contribution in [2.45, 2.75) is 20.4 Å². The van der Waals surface area contributed by atoms with Gasteiger partial charge in [0.1, 0.15) is 5.82 Å². The Bertz CT molecular complexity index is 1610. The van der Waals surface area contributed by atoms with Crippen LogP contribution >= 0.6 is 0 Å². The highest BCUT2D eigenvalue weighted by Gasteiger charge is 2.26. The fourth-order valence-corrected chi connectivity index (χ4v) is 4.74. The van der Waals surface area contributed by atoms with Gasteiger partial charge in [0.05, 0.1) is 25.5 Å². The summed E-state index contributed by atoms with van der Waals surface area (Å²) in [4.78, 5) is 34.0. The molecule has 6 rings (SSSR count). The number of morpholine rings is 1. The lowest BCUT2D eigenvalue weighted by molar-refractivity contribution is 0.0519. The van der Waals surface area contributed by atoms with Gasteiger partial charge in [0.25, 0.3) is 5.95 Å². The van der Waals surface area contributed by atoms with Crippen LogP contribution in [-0.2, 0) is 16.0 Å². The van der Waals surface area contributed by atoms with E-state index in [0.717, 1.165) is 17.0 Å². The first-order valence-electron chi connectivity index (χ1n) is 13.0. The average molecular weight is 525 g/mol. The Hall–Kier alpha value is -4.64. The molecular weight excluding hydrogens is 496 g/mol. The smallest absolute Gasteiger partial charge is 0.358 e. The molecule has 1 aliphatic heterocycles. The van der Waals surface area contributed by atoms with Crippen molar-refractivity contribution >= 4 is 23.0 Å². The molecule has 11 heteroatoms. The van der Waals surface area contributed by atoms with Gasteiger partial charge < -0.3 is 18.9 Å². The number of anilines is 1. The van der Waals surface area contributed by atoms with E-state index in [0.29, 0.717) is 61.5 Å². The van der Waals surface area contributed by atoms with E-state index in [1.165, 1.54) is 0 Å². The second-order valence-electron chi connectivity index (χ2n) is 8.95. The summed E-state index contributed by atoms with van der Waals surface area (Å²) in [6.45, 7) is 7.26. The molecule has 4 aromatic heterocycles. The summed E-state index contributed by atoms with van der Waals surface area (Å²) in [5.41, 5.74) is 4.07. The van der Waals surface area contributed by atoms with Gasteiger partial charge in [-0.1, -0.05) is 30.3 Å². The highest BCUT2D eigenvalue weighted by Crippen LogP contribution is 2.31. The van der Waals surface area contributed by atoms with E-state index in [1.807, 2.05) is 42.5 Å². The Morgan fingerprint density at radius 2 is 1.74 bits per heavy atom. The Morgan fingerprint density at radius 1 is 0.974 bits per heavy atom. The fourth-order valence-electron chi connectivity index (χ4n) is 4.74. The number of rotatable bonds is 7. The Morgan fingerprint density at radius 3 is 2.46 bits per heavy atom. The van der Waals surface area contributed by atoms with Crippen LogP contribution in [0.5, 0.6) is 0 Å². The maximum Gasteiger partial charge on any atom is 0.358 e. The quantitative estimate of drug-likeness (QED) is 0.294. The lowest BCUT2D eigenvalue weighted by atomic mass is 10.1. The summed E-state index contributed by atoms with van der Waals surface area (Å²) < 4.78 is 14.5. The van der Waals surface area contributed by atoms with Gasteiger partial charge in [-0.25, -0.2) is 9.78 Å². The summed E-state index contributed by atoms with van der Waals surface area (Å²) >= 11 is 0. The maximum absolute atomic E-state index is 12.7. The van der Waals surface area contributed by atoms with Crippen molar-refractivity contribution in [2.24, 2.45) is 0 Å². The van der Waals surface area contributed by atoms with Crippen LogP contribution in [-0.4, -0.2) is 73.2 Å². The van der Waals surface area contributed by atoms with Crippen molar-refractivity contribution < 1.29 is 14.3 Å². The first-order valence-corrected chi connectivity index (χ1v) is 13.0. The van der Waals surface area contributed by atoms with E-state index in [-0.39, 0.29) is 12.3 Å². The molecular formula is C28H28N8O3. The van der Waals surface area contributed by atoms with Gasteiger partial charge in [-0.05, 0) is 32.0 Å². The minimum absolute atomic E-state index is 0.189. The zero-order chi connectivity index (χ0) is 26.8. The van der Waals surface area contributed by atoms with E-state index in [1.54, 1.807) is 30.1 Å². The third-order valence-electron chi connectivity index (χ3n) is 6.58. The molecule has 1 aromatic carbocycles. The molecule has 1 saturated heterocycles. The summed E-state index contributed by atoms with van der Waals surface area (Å²) in [7, 11) is 0. The molecule has 5 heterocycles. The zero-order valence-corrected chi connectivity index (χ0v) is 21.8. The van der Waals surface area contributed by atoms with Crippen LogP contribution in [0.15, 0.2) is 60.9 Å². The summed E-state index contributed by atoms with van der Waals surface area (Å²) in [6.07, 6.45) is 3.50. The molecule has 1 aliphatic rings. The van der Waals surface area contributed by atoms with Crippen molar-refractivity contribution in [1.82, 2.24) is 34.3 Å². The number of fused-ring (bicyclic) bond motifs is 1. The number of pyridine rings is 1. The highest BCUT2D eigenvalue weighted by molar-refractivity contribution is 5.90. The van der Waals surface area contributed by atoms with Crippen molar-refractivity contribution in [3.8, 4) is 28.6 Å². The van der Waals surface area contributed by atoms with E-state index in [4.69, 9.17) is 24.4 Å². The van der Waals surface area contributed by atoms with Crippen LogP contribution in [0.4, 0.5) is 5.82 Å². The summed E-state index contributed by atoms with van der Waals surface area (Å²) in [5.74, 6) is 1.33. The second kappa shape index (κ2) is 10.6. The number of hydrogen-bond donors (Lipinski definition) is 0. The molecule has 0 atom stereocenters.